The lowest BCUT2D eigenvalue weighted by Gasteiger charge is -2.15. The molecule has 1 aliphatic heterocycles. The van der Waals surface area contributed by atoms with E-state index in [1.165, 1.54) is 18.4 Å². The van der Waals surface area contributed by atoms with Crippen LogP contribution in [0.5, 0.6) is 0 Å². The van der Waals surface area contributed by atoms with Gasteiger partial charge < -0.3 is 10.1 Å². The fourth-order valence-corrected chi connectivity index (χ4v) is 1.95. The summed E-state index contributed by atoms with van der Waals surface area (Å²) in [6.45, 7) is 1.09. The van der Waals surface area contributed by atoms with Crippen molar-refractivity contribution in [1.82, 2.24) is 5.32 Å². The van der Waals surface area contributed by atoms with Gasteiger partial charge in [-0.3, -0.25) is 0 Å². The Morgan fingerprint density at radius 1 is 1.58 bits per heavy atom. The van der Waals surface area contributed by atoms with Gasteiger partial charge in [0.1, 0.15) is 6.29 Å². The van der Waals surface area contributed by atoms with Crippen molar-refractivity contribution >= 4 is 6.29 Å². The minimum Gasteiger partial charge on any atom is -0.310 e. The fraction of sp³-hybridized carbons (Fsp3) is 0.500. The number of hydrogen-bond acceptors (Lipinski definition) is 2. The van der Waals surface area contributed by atoms with Gasteiger partial charge in [0.2, 0.25) is 0 Å². The molecule has 2 aliphatic rings. The Kier molecular flexibility index (Phi) is 2.09. The zero-order valence-electron chi connectivity index (χ0n) is 6.99. The Bertz CT molecular complexity index is 236. The van der Waals surface area contributed by atoms with Crippen LogP contribution in [0.25, 0.3) is 0 Å². The molecule has 12 heavy (non-hydrogen) atoms. The third-order valence-corrected chi connectivity index (χ3v) is 2.60. The van der Waals surface area contributed by atoms with Crippen LogP contribution in [-0.2, 0) is 4.79 Å². The molecule has 2 rings (SSSR count). The third-order valence-electron chi connectivity index (χ3n) is 2.60. The molecule has 0 spiro atoms. The highest BCUT2D eigenvalue weighted by Gasteiger charge is 2.24. The number of allylic oxidation sites excluding steroid dienone is 3. The van der Waals surface area contributed by atoms with Crippen molar-refractivity contribution in [3.63, 3.8) is 0 Å². The predicted octanol–water partition coefficient (Wildman–Crippen LogP) is 1.05. The van der Waals surface area contributed by atoms with Crippen molar-refractivity contribution in [2.75, 3.05) is 6.54 Å². The molecule has 2 heteroatoms. The van der Waals surface area contributed by atoms with Gasteiger partial charge >= 0.3 is 0 Å². The van der Waals surface area contributed by atoms with E-state index < -0.39 is 0 Å². The average molecular weight is 163 g/mol. The molecule has 1 aliphatic carbocycles. The van der Waals surface area contributed by atoms with Crippen LogP contribution in [0, 0.1) is 5.92 Å². The van der Waals surface area contributed by atoms with Crippen molar-refractivity contribution < 1.29 is 4.79 Å². The van der Waals surface area contributed by atoms with Gasteiger partial charge in [0.25, 0.3) is 0 Å². The quantitative estimate of drug-likeness (QED) is 0.616. The van der Waals surface area contributed by atoms with E-state index in [9.17, 15) is 4.79 Å². The van der Waals surface area contributed by atoms with Crippen LogP contribution in [0.15, 0.2) is 23.8 Å². The van der Waals surface area contributed by atoms with Gasteiger partial charge in [-0.15, -0.1) is 0 Å². The Hall–Kier alpha value is -0.890. The highest BCUT2D eigenvalue weighted by Crippen LogP contribution is 2.25. The number of nitrogens with one attached hydrogen (secondary N) is 1. The van der Waals surface area contributed by atoms with Crippen molar-refractivity contribution in [1.29, 1.82) is 0 Å². The SMILES string of the molecule is O=CC1C=CC=C1C1CCCN1. The first-order valence-electron chi connectivity index (χ1n) is 4.49. The van der Waals surface area contributed by atoms with Crippen LogP contribution < -0.4 is 5.32 Å². The minimum absolute atomic E-state index is 0.0422. The minimum atomic E-state index is 0.0422. The van der Waals surface area contributed by atoms with Crippen molar-refractivity contribution in [3.05, 3.63) is 23.8 Å². The van der Waals surface area contributed by atoms with E-state index in [0.717, 1.165) is 12.8 Å². The predicted molar refractivity (Wildman–Crippen MR) is 47.8 cm³/mol. The lowest BCUT2D eigenvalue weighted by molar-refractivity contribution is -0.109. The maximum atomic E-state index is 10.7. The zero-order chi connectivity index (χ0) is 8.39. The van der Waals surface area contributed by atoms with Crippen molar-refractivity contribution in [2.45, 2.75) is 18.9 Å². The topological polar surface area (TPSA) is 29.1 Å². The van der Waals surface area contributed by atoms with Gasteiger partial charge in [-0.1, -0.05) is 18.2 Å². The summed E-state index contributed by atoms with van der Waals surface area (Å²) in [7, 11) is 0. The van der Waals surface area contributed by atoms with Gasteiger partial charge in [-0.25, -0.2) is 0 Å². The number of hydrogen-bond donors (Lipinski definition) is 1. The Balaban J connectivity index is 2.08. The molecule has 2 unspecified atom stereocenters. The highest BCUT2D eigenvalue weighted by molar-refractivity contribution is 5.65. The second-order valence-electron chi connectivity index (χ2n) is 3.36. The first-order chi connectivity index (χ1) is 5.92. The largest absolute Gasteiger partial charge is 0.310 e. The first-order valence-corrected chi connectivity index (χ1v) is 4.49. The van der Waals surface area contributed by atoms with Gasteiger partial charge in [-0.05, 0) is 25.0 Å². The molecule has 64 valence electrons. The molecule has 2 nitrogen and oxygen atoms in total. The maximum Gasteiger partial charge on any atom is 0.130 e. The van der Waals surface area contributed by atoms with E-state index in [4.69, 9.17) is 0 Å². The molecule has 1 heterocycles. The Morgan fingerprint density at radius 2 is 2.50 bits per heavy atom. The number of aldehydes is 1. The summed E-state index contributed by atoms with van der Waals surface area (Å²) >= 11 is 0. The summed E-state index contributed by atoms with van der Waals surface area (Å²) in [5, 5.41) is 3.40. The highest BCUT2D eigenvalue weighted by atomic mass is 16.1. The molecule has 0 aromatic rings. The molecule has 0 bridgehead atoms. The number of carbonyl (C=O) groups is 1. The molecule has 1 saturated heterocycles. The monoisotopic (exact) mass is 163 g/mol. The van der Waals surface area contributed by atoms with Crippen LogP contribution in [-0.4, -0.2) is 18.9 Å². The summed E-state index contributed by atoms with van der Waals surface area (Å²) in [6.07, 6.45) is 9.44. The van der Waals surface area contributed by atoms with Gasteiger partial charge in [0, 0.05) is 6.04 Å². The number of rotatable bonds is 2. The summed E-state index contributed by atoms with van der Waals surface area (Å²) in [5.74, 6) is 0.0422. The lowest BCUT2D eigenvalue weighted by Crippen LogP contribution is -2.26. The molecule has 1 N–H and O–H groups in total. The molecule has 1 fully saturated rings. The fourth-order valence-electron chi connectivity index (χ4n) is 1.95. The third kappa shape index (κ3) is 1.23. The second kappa shape index (κ2) is 3.23. The Morgan fingerprint density at radius 3 is 3.17 bits per heavy atom. The van der Waals surface area contributed by atoms with Gasteiger partial charge in [-0.2, -0.15) is 0 Å². The average Bonchev–Trinajstić information content (AvgIpc) is 2.74. The van der Waals surface area contributed by atoms with Crippen molar-refractivity contribution in [2.24, 2.45) is 5.92 Å². The molecule has 0 radical (unpaired) electrons. The van der Waals surface area contributed by atoms with Gasteiger partial charge in [0.15, 0.2) is 0 Å². The van der Waals surface area contributed by atoms with E-state index in [1.807, 2.05) is 12.2 Å². The van der Waals surface area contributed by atoms with Crippen LogP contribution in [0.4, 0.5) is 0 Å². The Labute approximate surface area is 72.3 Å². The van der Waals surface area contributed by atoms with Gasteiger partial charge in [0.05, 0.1) is 5.92 Å². The molecule has 0 saturated carbocycles. The lowest BCUT2D eigenvalue weighted by atomic mass is 9.96. The maximum absolute atomic E-state index is 10.7. The summed E-state index contributed by atoms with van der Waals surface area (Å²) in [4.78, 5) is 10.7. The summed E-state index contributed by atoms with van der Waals surface area (Å²) < 4.78 is 0. The first kappa shape index (κ1) is 7.74. The molecule has 0 aromatic heterocycles. The molecular formula is C10H13NO. The standard InChI is InChI=1S/C10H13NO/c12-7-8-3-1-4-9(8)10-5-2-6-11-10/h1,3-4,7-8,10-11H,2,5-6H2. The van der Waals surface area contributed by atoms with E-state index in [0.29, 0.717) is 6.04 Å². The smallest absolute Gasteiger partial charge is 0.130 e. The summed E-state index contributed by atoms with van der Waals surface area (Å²) in [5.41, 5.74) is 1.25. The van der Waals surface area contributed by atoms with Crippen LogP contribution in [0.3, 0.4) is 0 Å². The molecule has 0 amide bonds. The normalized spacial score (nSPS) is 33.8. The van der Waals surface area contributed by atoms with E-state index in [1.54, 1.807) is 0 Å². The van der Waals surface area contributed by atoms with Crippen LogP contribution in [0.1, 0.15) is 12.8 Å². The van der Waals surface area contributed by atoms with Crippen molar-refractivity contribution in [3.8, 4) is 0 Å². The van der Waals surface area contributed by atoms with E-state index in [-0.39, 0.29) is 5.92 Å². The summed E-state index contributed by atoms with van der Waals surface area (Å²) in [6, 6.07) is 0.454. The van der Waals surface area contributed by atoms with E-state index in [2.05, 4.69) is 11.4 Å². The number of carbonyl (C=O) groups excluding carboxylic acids is 1. The second-order valence-corrected chi connectivity index (χ2v) is 3.36. The molecule has 2 atom stereocenters. The molecule has 0 aromatic carbocycles. The molecular weight excluding hydrogens is 150 g/mol. The van der Waals surface area contributed by atoms with E-state index >= 15 is 0 Å². The van der Waals surface area contributed by atoms with Crippen LogP contribution in [0.2, 0.25) is 0 Å². The zero-order valence-corrected chi connectivity index (χ0v) is 6.99. The van der Waals surface area contributed by atoms with Crippen LogP contribution >= 0.6 is 0 Å².